The summed E-state index contributed by atoms with van der Waals surface area (Å²) in [7, 11) is 0. The van der Waals surface area contributed by atoms with Crippen LogP contribution in [-0.4, -0.2) is 33.0 Å². The zero-order chi connectivity index (χ0) is 20.1. The van der Waals surface area contributed by atoms with Gasteiger partial charge >= 0.3 is 0 Å². The first kappa shape index (κ1) is 17.3. The van der Waals surface area contributed by atoms with E-state index in [4.69, 9.17) is 4.98 Å². The number of H-pyrrole nitrogens is 1. The number of anilines is 2. The molecule has 0 saturated carbocycles. The highest BCUT2D eigenvalue weighted by atomic mass is 16.1. The molecule has 7 heteroatoms. The lowest BCUT2D eigenvalue weighted by Crippen LogP contribution is -2.28. The maximum absolute atomic E-state index is 12.6. The Morgan fingerprint density at radius 3 is 2.77 bits per heavy atom. The van der Waals surface area contributed by atoms with E-state index < -0.39 is 0 Å². The fraction of sp³-hybridized carbons (Fsp3) is 0.217. The number of nitrogens with one attached hydrogen (secondary N) is 3. The summed E-state index contributed by atoms with van der Waals surface area (Å²) in [6, 6.07) is 10.3. The van der Waals surface area contributed by atoms with Gasteiger partial charge in [-0.15, -0.1) is 0 Å². The summed E-state index contributed by atoms with van der Waals surface area (Å²) in [6.45, 7) is 2.08. The topological polar surface area (TPSA) is 95.6 Å². The molecule has 0 spiro atoms. The van der Waals surface area contributed by atoms with Gasteiger partial charge in [0.1, 0.15) is 11.5 Å². The van der Waals surface area contributed by atoms with E-state index in [9.17, 15) is 4.79 Å². The minimum Gasteiger partial charge on any atom is -0.340 e. The minimum absolute atomic E-state index is 0.172. The molecule has 1 aliphatic carbocycles. The summed E-state index contributed by atoms with van der Waals surface area (Å²) in [5.41, 5.74) is 4.95. The van der Waals surface area contributed by atoms with Crippen molar-refractivity contribution in [3.05, 3.63) is 76.6 Å². The van der Waals surface area contributed by atoms with Crippen LogP contribution in [0.3, 0.4) is 0 Å². The van der Waals surface area contributed by atoms with Crippen LogP contribution in [0.25, 0.3) is 22.2 Å². The monoisotopic (exact) mass is 396 g/mol. The van der Waals surface area contributed by atoms with E-state index in [1.807, 2.05) is 12.1 Å². The van der Waals surface area contributed by atoms with E-state index in [1.54, 1.807) is 24.8 Å². The van der Waals surface area contributed by atoms with Crippen molar-refractivity contribution in [2.75, 3.05) is 18.4 Å². The van der Waals surface area contributed by atoms with Gasteiger partial charge in [0.2, 0.25) is 0 Å². The molecule has 148 valence electrons. The largest absolute Gasteiger partial charge is 0.340 e. The number of hydrogen-bond donors (Lipinski definition) is 3. The van der Waals surface area contributed by atoms with Gasteiger partial charge in [0, 0.05) is 37.4 Å². The Morgan fingerprint density at radius 2 is 1.90 bits per heavy atom. The second-order valence-corrected chi connectivity index (χ2v) is 7.97. The SMILES string of the molecule is O=c1[nH]ccc2cc(-c3cnccn3)nc(Nc3ccc4c(c3)C3CNCC4C3)c12. The number of fused-ring (bicyclic) bond motifs is 6. The molecule has 1 saturated heterocycles. The summed E-state index contributed by atoms with van der Waals surface area (Å²) in [5.74, 6) is 1.68. The third-order valence-corrected chi connectivity index (χ3v) is 6.16. The van der Waals surface area contributed by atoms with Crippen molar-refractivity contribution in [2.45, 2.75) is 18.3 Å². The average Bonchev–Trinajstić information content (AvgIpc) is 3.03. The minimum atomic E-state index is -0.172. The van der Waals surface area contributed by atoms with Gasteiger partial charge in [0.15, 0.2) is 0 Å². The Bertz CT molecular complexity index is 1320. The first-order chi connectivity index (χ1) is 14.8. The number of benzene rings is 1. The molecule has 3 aromatic heterocycles. The van der Waals surface area contributed by atoms with Gasteiger partial charge < -0.3 is 15.6 Å². The van der Waals surface area contributed by atoms with Crippen LogP contribution in [0.4, 0.5) is 11.5 Å². The van der Waals surface area contributed by atoms with Crippen LogP contribution in [0.1, 0.15) is 29.4 Å². The van der Waals surface area contributed by atoms with E-state index >= 15 is 0 Å². The first-order valence-electron chi connectivity index (χ1n) is 10.2. The maximum atomic E-state index is 12.6. The molecule has 2 aliphatic rings. The fourth-order valence-electron chi connectivity index (χ4n) is 4.80. The van der Waals surface area contributed by atoms with Crippen molar-refractivity contribution in [3.63, 3.8) is 0 Å². The number of aromatic amines is 1. The standard InChI is InChI=1S/C23H20N6O/c30-23-21-13(3-4-27-23)8-19(20-12-24-5-6-26-20)29-22(21)28-16-1-2-17-14-7-15(11-25-10-14)18(17)9-16/h1-6,8-9,12,14-15,25H,7,10-11H2,(H,27,30)(H,28,29). The van der Waals surface area contributed by atoms with Crippen LogP contribution >= 0.6 is 0 Å². The fourth-order valence-corrected chi connectivity index (χ4v) is 4.80. The van der Waals surface area contributed by atoms with Gasteiger partial charge in [-0.25, -0.2) is 4.98 Å². The Morgan fingerprint density at radius 1 is 1.00 bits per heavy atom. The van der Waals surface area contributed by atoms with E-state index in [2.05, 4.69) is 43.8 Å². The van der Waals surface area contributed by atoms with Crippen molar-refractivity contribution in [1.29, 1.82) is 0 Å². The molecule has 1 fully saturated rings. The van der Waals surface area contributed by atoms with E-state index in [1.165, 1.54) is 17.5 Å². The average molecular weight is 396 g/mol. The van der Waals surface area contributed by atoms with Gasteiger partial charge in [-0.05, 0) is 59.0 Å². The summed E-state index contributed by atoms with van der Waals surface area (Å²) in [4.78, 5) is 28.6. The Labute approximate surface area is 172 Å². The number of rotatable bonds is 3. The maximum Gasteiger partial charge on any atom is 0.259 e. The predicted octanol–water partition coefficient (Wildman–Crippen LogP) is 3.30. The summed E-state index contributed by atoms with van der Waals surface area (Å²) < 4.78 is 0. The molecule has 0 amide bonds. The molecule has 3 N–H and O–H groups in total. The van der Waals surface area contributed by atoms with Crippen LogP contribution in [0.15, 0.2) is 59.9 Å². The van der Waals surface area contributed by atoms with Crippen molar-refractivity contribution in [2.24, 2.45) is 0 Å². The Hall–Kier alpha value is -3.58. The molecule has 7 nitrogen and oxygen atoms in total. The smallest absolute Gasteiger partial charge is 0.259 e. The van der Waals surface area contributed by atoms with E-state index in [0.29, 0.717) is 34.4 Å². The normalized spacial score (nSPS) is 19.6. The van der Waals surface area contributed by atoms with Gasteiger partial charge in [0.25, 0.3) is 5.56 Å². The summed E-state index contributed by atoms with van der Waals surface area (Å²) in [6.07, 6.45) is 7.81. The predicted molar refractivity (Wildman–Crippen MR) is 116 cm³/mol. The molecular formula is C23H20N6O. The molecule has 1 aromatic carbocycles. The van der Waals surface area contributed by atoms with Crippen molar-refractivity contribution in [3.8, 4) is 11.4 Å². The highest BCUT2D eigenvalue weighted by Crippen LogP contribution is 2.44. The zero-order valence-electron chi connectivity index (χ0n) is 16.2. The molecule has 6 rings (SSSR count). The van der Waals surface area contributed by atoms with Crippen LogP contribution in [0.5, 0.6) is 0 Å². The van der Waals surface area contributed by atoms with Crippen molar-refractivity contribution >= 4 is 22.3 Å². The number of pyridine rings is 2. The van der Waals surface area contributed by atoms with Gasteiger partial charge in [-0.3, -0.25) is 14.8 Å². The van der Waals surface area contributed by atoms with Gasteiger partial charge in [-0.1, -0.05) is 6.07 Å². The number of piperidine rings is 1. The highest BCUT2D eigenvalue weighted by molar-refractivity contribution is 5.94. The molecule has 2 bridgehead atoms. The first-order valence-corrected chi connectivity index (χ1v) is 10.2. The zero-order valence-corrected chi connectivity index (χ0v) is 16.2. The lowest BCUT2D eigenvalue weighted by atomic mass is 9.98. The van der Waals surface area contributed by atoms with Crippen LogP contribution in [-0.2, 0) is 0 Å². The molecule has 0 radical (unpaired) electrons. The van der Waals surface area contributed by atoms with Crippen LogP contribution in [0, 0.1) is 0 Å². The van der Waals surface area contributed by atoms with E-state index in [0.717, 1.165) is 24.2 Å². The molecule has 30 heavy (non-hydrogen) atoms. The number of aromatic nitrogens is 4. The Balaban J connectivity index is 1.47. The summed E-state index contributed by atoms with van der Waals surface area (Å²) in [5, 5.41) is 8.27. The van der Waals surface area contributed by atoms with E-state index in [-0.39, 0.29) is 5.56 Å². The Kier molecular flexibility index (Phi) is 3.89. The molecule has 1 aliphatic heterocycles. The third-order valence-electron chi connectivity index (χ3n) is 6.16. The third kappa shape index (κ3) is 2.78. The molecule has 4 heterocycles. The molecule has 4 aromatic rings. The second kappa shape index (κ2) is 6.74. The van der Waals surface area contributed by atoms with Crippen LogP contribution < -0.4 is 16.2 Å². The quantitative estimate of drug-likeness (QED) is 0.492. The lowest BCUT2D eigenvalue weighted by molar-refractivity contribution is 0.454. The van der Waals surface area contributed by atoms with Crippen molar-refractivity contribution < 1.29 is 0 Å². The van der Waals surface area contributed by atoms with Gasteiger partial charge in [-0.2, -0.15) is 0 Å². The highest BCUT2D eigenvalue weighted by Gasteiger charge is 2.34. The van der Waals surface area contributed by atoms with Crippen molar-refractivity contribution in [1.82, 2.24) is 25.3 Å². The molecular weight excluding hydrogens is 376 g/mol. The molecule has 2 atom stereocenters. The second-order valence-electron chi connectivity index (χ2n) is 7.97. The molecule has 2 unspecified atom stereocenters. The number of hydrogen-bond acceptors (Lipinski definition) is 6. The lowest BCUT2D eigenvalue weighted by Gasteiger charge is -2.19. The number of nitrogens with zero attached hydrogens (tertiary/aromatic N) is 3. The summed E-state index contributed by atoms with van der Waals surface area (Å²) >= 11 is 0. The van der Waals surface area contributed by atoms with Gasteiger partial charge in [0.05, 0.1) is 17.3 Å². The van der Waals surface area contributed by atoms with Crippen LogP contribution in [0.2, 0.25) is 0 Å².